The van der Waals surface area contributed by atoms with Crippen molar-refractivity contribution in [1.29, 1.82) is 0 Å². The molecule has 1 aliphatic heterocycles. The van der Waals surface area contributed by atoms with Crippen LogP contribution in [0.1, 0.15) is 44.9 Å². The van der Waals surface area contributed by atoms with Gasteiger partial charge in [0.1, 0.15) is 6.54 Å². The lowest BCUT2D eigenvalue weighted by atomic mass is 10.0. The van der Waals surface area contributed by atoms with E-state index in [4.69, 9.17) is 0 Å². The van der Waals surface area contributed by atoms with Gasteiger partial charge in [0.2, 0.25) is 5.91 Å². The third kappa shape index (κ3) is 3.80. The fourth-order valence-electron chi connectivity index (χ4n) is 4.61. The minimum absolute atomic E-state index is 0.0137. The molecule has 1 saturated heterocycles. The molecule has 0 unspecified atom stereocenters. The zero-order valence-corrected chi connectivity index (χ0v) is 14.6. The van der Waals surface area contributed by atoms with Crippen molar-refractivity contribution in [2.45, 2.75) is 57.5 Å². The van der Waals surface area contributed by atoms with E-state index in [1.54, 1.807) is 17.1 Å². The van der Waals surface area contributed by atoms with Crippen LogP contribution in [-0.4, -0.2) is 45.8 Å². The maximum absolute atomic E-state index is 12.4. The molecule has 0 radical (unpaired) electrons. The van der Waals surface area contributed by atoms with Crippen molar-refractivity contribution in [3.05, 3.63) is 12.4 Å². The van der Waals surface area contributed by atoms with E-state index in [2.05, 4.69) is 15.7 Å². The van der Waals surface area contributed by atoms with Crippen molar-refractivity contribution in [1.82, 2.24) is 20.0 Å². The molecule has 3 amide bonds. The number of nitrogens with zero attached hydrogens (tertiary/aromatic N) is 3. The molecule has 2 atom stereocenters. The molecule has 3 aliphatic rings. The number of nitrogens with one attached hydrogen (secondary N) is 2. The Balaban J connectivity index is 1.26. The van der Waals surface area contributed by atoms with Crippen molar-refractivity contribution in [3.8, 4) is 0 Å². The molecule has 4 rings (SSSR count). The number of rotatable bonds is 4. The third-order valence-electron chi connectivity index (χ3n) is 5.92. The normalized spacial score (nSPS) is 26.0. The van der Waals surface area contributed by atoms with Crippen LogP contribution < -0.4 is 10.6 Å². The highest BCUT2D eigenvalue weighted by Gasteiger charge is 2.38. The quantitative estimate of drug-likeness (QED) is 0.878. The number of urea groups is 1. The van der Waals surface area contributed by atoms with Gasteiger partial charge in [-0.1, -0.05) is 19.3 Å². The molecule has 25 heavy (non-hydrogen) atoms. The van der Waals surface area contributed by atoms with Crippen LogP contribution in [0.4, 0.5) is 10.5 Å². The predicted octanol–water partition coefficient (Wildman–Crippen LogP) is 2.21. The molecule has 1 aromatic heterocycles. The van der Waals surface area contributed by atoms with Gasteiger partial charge in [-0.15, -0.1) is 0 Å². The average Bonchev–Trinajstić information content (AvgIpc) is 3.30. The molecule has 2 heterocycles. The molecule has 2 saturated carbocycles. The Hall–Kier alpha value is -2.05. The molecule has 0 bridgehead atoms. The van der Waals surface area contributed by atoms with E-state index in [0.29, 0.717) is 23.6 Å². The largest absolute Gasteiger partial charge is 0.352 e. The molecular weight excluding hydrogens is 318 g/mol. The van der Waals surface area contributed by atoms with E-state index in [1.165, 1.54) is 32.1 Å². The molecular formula is C18H27N5O2. The first-order valence-electron chi connectivity index (χ1n) is 9.55. The molecule has 7 heteroatoms. The number of hydrogen-bond donors (Lipinski definition) is 2. The Morgan fingerprint density at radius 1 is 1.08 bits per heavy atom. The van der Waals surface area contributed by atoms with Crippen LogP contribution in [0.5, 0.6) is 0 Å². The number of aromatic nitrogens is 2. The van der Waals surface area contributed by atoms with E-state index in [0.717, 1.165) is 25.9 Å². The number of likely N-dealkylation sites (tertiary alicyclic amines) is 1. The smallest absolute Gasteiger partial charge is 0.321 e. The van der Waals surface area contributed by atoms with E-state index in [-0.39, 0.29) is 18.5 Å². The molecule has 3 fully saturated rings. The lowest BCUT2D eigenvalue weighted by Crippen LogP contribution is -2.35. The first-order chi connectivity index (χ1) is 12.2. The minimum Gasteiger partial charge on any atom is -0.352 e. The van der Waals surface area contributed by atoms with E-state index in [1.807, 2.05) is 4.90 Å². The summed E-state index contributed by atoms with van der Waals surface area (Å²) in [6.45, 7) is 1.93. The van der Waals surface area contributed by atoms with Gasteiger partial charge in [0.05, 0.1) is 11.9 Å². The topological polar surface area (TPSA) is 79.3 Å². The van der Waals surface area contributed by atoms with Gasteiger partial charge in [0, 0.05) is 25.3 Å². The van der Waals surface area contributed by atoms with Gasteiger partial charge in [0.25, 0.3) is 0 Å². The number of carbonyl (C=O) groups is 2. The molecule has 2 N–H and O–H groups in total. The predicted molar refractivity (Wildman–Crippen MR) is 94.0 cm³/mol. The fourth-order valence-corrected chi connectivity index (χ4v) is 4.61. The number of fused-ring (bicyclic) bond motifs is 1. The zero-order valence-electron chi connectivity index (χ0n) is 14.6. The second-order valence-corrected chi connectivity index (χ2v) is 7.76. The molecule has 136 valence electrons. The summed E-state index contributed by atoms with van der Waals surface area (Å²) < 4.78 is 1.58. The van der Waals surface area contributed by atoms with Gasteiger partial charge in [0.15, 0.2) is 0 Å². The lowest BCUT2D eigenvalue weighted by molar-refractivity contribution is -0.122. The van der Waals surface area contributed by atoms with Crippen LogP contribution >= 0.6 is 0 Å². The monoisotopic (exact) mass is 345 g/mol. The van der Waals surface area contributed by atoms with Crippen LogP contribution in [0, 0.1) is 11.8 Å². The Labute approximate surface area is 148 Å². The molecule has 0 spiro atoms. The summed E-state index contributed by atoms with van der Waals surface area (Å²) in [6.07, 6.45) is 11.7. The van der Waals surface area contributed by atoms with Crippen LogP contribution in [0.3, 0.4) is 0 Å². The summed E-state index contributed by atoms with van der Waals surface area (Å²) in [4.78, 5) is 26.4. The van der Waals surface area contributed by atoms with Gasteiger partial charge in [-0.25, -0.2) is 4.79 Å². The van der Waals surface area contributed by atoms with Gasteiger partial charge >= 0.3 is 6.03 Å². The highest BCUT2D eigenvalue weighted by Crippen LogP contribution is 2.37. The van der Waals surface area contributed by atoms with Crippen LogP contribution in [0.25, 0.3) is 0 Å². The van der Waals surface area contributed by atoms with Crippen LogP contribution in [0.2, 0.25) is 0 Å². The van der Waals surface area contributed by atoms with Crippen molar-refractivity contribution < 1.29 is 9.59 Å². The van der Waals surface area contributed by atoms with Gasteiger partial charge in [-0.2, -0.15) is 5.10 Å². The maximum Gasteiger partial charge on any atom is 0.321 e. The van der Waals surface area contributed by atoms with Gasteiger partial charge < -0.3 is 15.5 Å². The average molecular weight is 345 g/mol. The van der Waals surface area contributed by atoms with E-state index in [9.17, 15) is 9.59 Å². The minimum atomic E-state index is -0.0515. The summed E-state index contributed by atoms with van der Waals surface area (Å²) in [7, 11) is 0. The molecule has 0 aromatic carbocycles. The summed E-state index contributed by atoms with van der Waals surface area (Å²) in [5.41, 5.74) is 0.649. The summed E-state index contributed by atoms with van der Waals surface area (Å²) in [5.74, 6) is 1.36. The number of carbonyl (C=O) groups excluding carboxylic acids is 2. The Kier molecular flexibility index (Phi) is 4.63. The lowest BCUT2D eigenvalue weighted by Gasteiger charge is -2.17. The van der Waals surface area contributed by atoms with Crippen molar-refractivity contribution in [3.63, 3.8) is 0 Å². The number of hydrogen-bond acceptors (Lipinski definition) is 3. The third-order valence-corrected chi connectivity index (χ3v) is 5.92. The summed E-state index contributed by atoms with van der Waals surface area (Å²) in [6, 6.07) is 0.265. The number of amides is 3. The zero-order chi connectivity index (χ0) is 17.2. The fraction of sp³-hybridized carbons (Fsp3) is 0.722. The van der Waals surface area contributed by atoms with E-state index < -0.39 is 0 Å². The first kappa shape index (κ1) is 16.4. The maximum atomic E-state index is 12.4. The summed E-state index contributed by atoms with van der Waals surface area (Å²) in [5, 5.41) is 10.2. The van der Waals surface area contributed by atoms with Crippen molar-refractivity contribution in [2.75, 3.05) is 18.4 Å². The second-order valence-electron chi connectivity index (χ2n) is 7.76. The number of anilines is 1. The highest BCUT2D eigenvalue weighted by atomic mass is 16.2. The van der Waals surface area contributed by atoms with Gasteiger partial charge in [-0.05, 0) is 37.5 Å². The first-order valence-corrected chi connectivity index (χ1v) is 9.55. The van der Waals surface area contributed by atoms with Crippen molar-refractivity contribution in [2.24, 2.45) is 11.8 Å². The van der Waals surface area contributed by atoms with Crippen LogP contribution in [-0.2, 0) is 11.3 Å². The van der Waals surface area contributed by atoms with Crippen LogP contribution in [0.15, 0.2) is 12.4 Å². The Morgan fingerprint density at radius 3 is 2.52 bits per heavy atom. The Morgan fingerprint density at radius 2 is 1.80 bits per heavy atom. The van der Waals surface area contributed by atoms with Gasteiger partial charge in [-0.3, -0.25) is 9.48 Å². The molecule has 7 nitrogen and oxygen atoms in total. The van der Waals surface area contributed by atoms with Crippen molar-refractivity contribution >= 4 is 17.6 Å². The molecule has 2 aliphatic carbocycles. The summed E-state index contributed by atoms with van der Waals surface area (Å²) >= 11 is 0. The molecule has 1 aromatic rings. The SMILES string of the molecule is O=C(Cn1cc(NC(=O)N2C[C@H]3CCC[C@H]3C2)cn1)NC1CCCC1. The Bertz CT molecular complexity index is 625. The second kappa shape index (κ2) is 7.06. The highest BCUT2D eigenvalue weighted by molar-refractivity contribution is 5.89. The standard InChI is InChI=1S/C18H27N5O2/c24-17(20-15-6-1-2-7-15)12-23-11-16(8-19-23)21-18(25)22-9-13-4-3-5-14(13)10-22/h8,11,13-15H,1-7,9-10,12H2,(H,20,24)(H,21,25)/t13-,14+. The van der Waals surface area contributed by atoms with E-state index >= 15 is 0 Å².